The summed E-state index contributed by atoms with van der Waals surface area (Å²) in [5.74, 6) is 0. The van der Waals surface area contributed by atoms with Crippen molar-refractivity contribution in [2.24, 2.45) is 0 Å². The summed E-state index contributed by atoms with van der Waals surface area (Å²) in [6.45, 7) is 5.51. The number of benzene rings is 1. The summed E-state index contributed by atoms with van der Waals surface area (Å²) >= 11 is 0. The molecule has 1 aromatic heterocycles. The number of hydrogen-bond donors (Lipinski definition) is 2. The quantitative estimate of drug-likeness (QED) is 0.719. The maximum absolute atomic E-state index is 9.92. The highest BCUT2D eigenvalue weighted by Crippen LogP contribution is 2.27. The number of hydrogen-bond acceptors (Lipinski definition) is 2. The van der Waals surface area contributed by atoms with Crippen LogP contribution in [-0.4, -0.2) is 15.1 Å². The molecule has 2 rings (SSSR count). The SMILES string of the molecule is Cc1c(C(C)(C)O)ccc2[nH][c]nc12. The minimum atomic E-state index is -0.822. The predicted octanol–water partition coefficient (Wildman–Crippen LogP) is 1.90. The smallest absolute Gasteiger partial charge is 0.174 e. The summed E-state index contributed by atoms with van der Waals surface area (Å²) in [6, 6.07) is 3.84. The third-order valence-electron chi connectivity index (χ3n) is 2.45. The number of aryl methyl sites for hydroxylation is 1. The van der Waals surface area contributed by atoms with Crippen molar-refractivity contribution in [3.63, 3.8) is 0 Å². The molecule has 2 N–H and O–H groups in total. The van der Waals surface area contributed by atoms with Crippen LogP contribution in [0, 0.1) is 13.3 Å². The first kappa shape index (κ1) is 9.21. The van der Waals surface area contributed by atoms with E-state index in [2.05, 4.69) is 16.3 Å². The van der Waals surface area contributed by atoms with Crippen LogP contribution in [0.1, 0.15) is 25.0 Å². The molecule has 0 spiro atoms. The third kappa shape index (κ3) is 1.30. The zero-order chi connectivity index (χ0) is 10.3. The molecule has 0 aliphatic rings. The van der Waals surface area contributed by atoms with Gasteiger partial charge in [-0.15, -0.1) is 0 Å². The molecule has 0 atom stereocenters. The van der Waals surface area contributed by atoms with Gasteiger partial charge in [-0.25, -0.2) is 4.98 Å². The van der Waals surface area contributed by atoms with E-state index in [4.69, 9.17) is 0 Å². The Balaban J connectivity index is 2.74. The second kappa shape index (κ2) is 2.82. The third-order valence-corrected chi connectivity index (χ3v) is 2.45. The minimum absolute atomic E-state index is 0.822. The van der Waals surface area contributed by atoms with Crippen LogP contribution in [0.25, 0.3) is 11.0 Å². The van der Waals surface area contributed by atoms with E-state index >= 15 is 0 Å². The average molecular weight is 189 g/mol. The summed E-state index contributed by atoms with van der Waals surface area (Å²) < 4.78 is 0. The molecule has 0 bridgehead atoms. The van der Waals surface area contributed by atoms with Crippen LogP contribution in [0.2, 0.25) is 0 Å². The highest BCUT2D eigenvalue weighted by Gasteiger charge is 2.19. The van der Waals surface area contributed by atoms with Gasteiger partial charge in [0.2, 0.25) is 0 Å². The van der Waals surface area contributed by atoms with Gasteiger partial charge in [0.15, 0.2) is 6.33 Å². The lowest BCUT2D eigenvalue weighted by Gasteiger charge is -2.20. The van der Waals surface area contributed by atoms with E-state index in [1.54, 1.807) is 13.8 Å². The van der Waals surface area contributed by atoms with Crippen molar-refractivity contribution in [2.75, 3.05) is 0 Å². The van der Waals surface area contributed by atoms with Crippen molar-refractivity contribution < 1.29 is 5.11 Å². The lowest BCUT2D eigenvalue weighted by molar-refractivity contribution is 0.0781. The fourth-order valence-electron chi connectivity index (χ4n) is 1.75. The van der Waals surface area contributed by atoms with Gasteiger partial charge in [-0.05, 0) is 38.0 Å². The number of aromatic amines is 1. The topological polar surface area (TPSA) is 48.9 Å². The molecule has 1 radical (unpaired) electrons. The van der Waals surface area contributed by atoms with Crippen molar-refractivity contribution in [1.82, 2.24) is 9.97 Å². The van der Waals surface area contributed by atoms with Crippen molar-refractivity contribution in [1.29, 1.82) is 0 Å². The molecule has 0 saturated carbocycles. The Kier molecular flexibility index (Phi) is 1.86. The van der Waals surface area contributed by atoms with E-state index in [9.17, 15) is 5.11 Å². The molecule has 0 aliphatic carbocycles. The lowest BCUT2D eigenvalue weighted by atomic mass is 9.93. The number of aliphatic hydroxyl groups is 1. The predicted molar refractivity (Wildman–Crippen MR) is 54.9 cm³/mol. The van der Waals surface area contributed by atoms with Crippen LogP contribution < -0.4 is 0 Å². The lowest BCUT2D eigenvalue weighted by Crippen LogP contribution is -2.17. The minimum Gasteiger partial charge on any atom is -0.386 e. The molecule has 2 aromatic rings. The molecule has 0 fully saturated rings. The molecule has 0 unspecified atom stereocenters. The van der Waals surface area contributed by atoms with Crippen molar-refractivity contribution >= 4 is 11.0 Å². The van der Waals surface area contributed by atoms with Gasteiger partial charge in [0.05, 0.1) is 16.6 Å². The molecule has 73 valence electrons. The molecule has 3 nitrogen and oxygen atoms in total. The van der Waals surface area contributed by atoms with Crippen LogP contribution in [0.3, 0.4) is 0 Å². The number of H-pyrrole nitrogens is 1. The summed E-state index contributed by atoms with van der Waals surface area (Å²) in [4.78, 5) is 7.02. The molecule has 0 saturated heterocycles. The van der Waals surface area contributed by atoms with Gasteiger partial charge in [0.1, 0.15) is 0 Å². The van der Waals surface area contributed by atoms with E-state index in [-0.39, 0.29) is 0 Å². The van der Waals surface area contributed by atoms with Gasteiger partial charge < -0.3 is 10.1 Å². The number of imidazole rings is 1. The van der Waals surface area contributed by atoms with Gasteiger partial charge >= 0.3 is 0 Å². The fraction of sp³-hybridized carbons (Fsp3) is 0.364. The van der Waals surface area contributed by atoms with Crippen molar-refractivity contribution in [3.05, 3.63) is 29.6 Å². The normalized spacial score (nSPS) is 12.3. The standard InChI is InChI=1S/C11H13N2O/c1-7-8(11(2,3)14)4-5-9-10(7)13-6-12-9/h4-5,14H,1-3H3,(H,12,13). The first-order valence-electron chi connectivity index (χ1n) is 4.58. The Morgan fingerprint density at radius 2 is 2.14 bits per heavy atom. The Bertz CT molecular complexity index is 466. The second-order valence-corrected chi connectivity index (χ2v) is 4.04. The zero-order valence-electron chi connectivity index (χ0n) is 8.55. The van der Waals surface area contributed by atoms with E-state index in [1.807, 2.05) is 19.1 Å². The Morgan fingerprint density at radius 1 is 1.43 bits per heavy atom. The first-order chi connectivity index (χ1) is 6.50. The van der Waals surface area contributed by atoms with Crippen LogP contribution in [0.15, 0.2) is 12.1 Å². The van der Waals surface area contributed by atoms with Crippen LogP contribution in [0.5, 0.6) is 0 Å². The van der Waals surface area contributed by atoms with E-state index in [1.165, 1.54) is 0 Å². The number of nitrogens with zero attached hydrogens (tertiary/aromatic N) is 1. The number of rotatable bonds is 1. The van der Waals surface area contributed by atoms with E-state index in [0.717, 1.165) is 22.2 Å². The molecule has 0 aliphatic heterocycles. The first-order valence-corrected chi connectivity index (χ1v) is 4.58. The van der Waals surface area contributed by atoms with Crippen molar-refractivity contribution in [2.45, 2.75) is 26.4 Å². The van der Waals surface area contributed by atoms with Gasteiger partial charge in [0, 0.05) is 0 Å². The van der Waals surface area contributed by atoms with Crippen LogP contribution in [-0.2, 0) is 5.60 Å². The largest absolute Gasteiger partial charge is 0.386 e. The molecule has 14 heavy (non-hydrogen) atoms. The Labute approximate surface area is 82.8 Å². The van der Waals surface area contributed by atoms with Crippen molar-refractivity contribution in [3.8, 4) is 0 Å². The molecular weight excluding hydrogens is 176 g/mol. The molecule has 3 heteroatoms. The second-order valence-electron chi connectivity index (χ2n) is 4.04. The van der Waals surface area contributed by atoms with Crippen LogP contribution >= 0.6 is 0 Å². The monoisotopic (exact) mass is 189 g/mol. The van der Waals surface area contributed by atoms with E-state index in [0.29, 0.717) is 0 Å². The maximum atomic E-state index is 9.92. The molecular formula is C11H13N2O. The summed E-state index contributed by atoms with van der Waals surface area (Å²) in [7, 11) is 0. The molecule has 1 heterocycles. The highest BCUT2D eigenvalue weighted by molar-refractivity contribution is 5.79. The average Bonchev–Trinajstić information content (AvgIpc) is 2.50. The Hall–Kier alpha value is -1.35. The maximum Gasteiger partial charge on any atom is 0.174 e. The summed E-state index contributed by atoms with van der Waals surface area (Å²) in [6.07, 6.45) is 2.70. The summed E-state index contributed by atoms with van der Waals surface area (Å²) in [5.41, 5.74) is 2.93. The van der Waals surface area contributed by atoms with Gasteiger partial charge in [-0.2, -0.15) is 0 Å². The molecule has 0 amide bonds. The van der Waals surface area contributed by atoms with E-state index < -0.39 is 5.60 Å². The summed E-state index contributed by atoms with van der Waals surface area (Å²) in [5, 5.41) is 9.92. The fourth-order valence-corrected chi connectivity index (χ4v) is 1.75. The van der Waals surface area contributed by atoms with Gasteiger partial charge in [-0.1, -0.05) is 6.07 Å². The Morgan fingerprint density at radius 3 is 2.79 bits per heavy atom. The molecule has 1 aromatic carbocycles. The van der Waals surface area contributed by atoms with Crippen LogP contribution in [0.4, 0.5) is 0 Å². The van der Waals surface area contributed by atoms with Gasteiger partial charge in [-0.3, -0.25) is 0 Å². The number of aromatic nitrogens is 2. The highest BCUT2D eigenvalue weighted by atomic mass is 16.3. The number of nitrogens with one attached hydrogen (secondary N) is 1. The van der Waals surface area contributed by atoms with Gasteiger partial charge in [0.25, 0.3) is 0 Å². The number of fused-ring (bicyclic) bond motifs is 1. The zero-order valence-corrected chi connectivity index (χ0v) is 8.55.